The van der Waals surface area contributed by atoms with E-state index in [9.17, 15) is 10.1 Å². The fraction of sp³-hybridized carbons (Fsp3) is 0.0526. The molecule has 0 N–H and O–H groups in total. The maximum absolute atomic E-state index is 11.2. The Balaban J connectivity index is 1.83. The van der Waals surface area contributed by atoms with Crippen LogP contribution in [0.1, 0.15) is 5.56 Å². The second kappa shape index (κ2) is 5.38. The molecule has 0 saturated heterocycles. The van der Waals surface area contributed by atoms with Crippen LogP contribution in [0.4, 0.5) is 5.69 Å². The number of pyridine rings is 1. The first-order chi connectivity index (χ1) is 12.7. The van der Waals surface area contributed by atoms with Crippen LogP contribution in [0.5, 0.6) is 0 Å². The van der Waals surface area contributed by atoms with Crippen LogP contribution >= 0.6 is 0 Å². The fourth-order valence-corrected chi connectivity index (χ4v) is 3.43. The highest BCUT2D eigenvalue weighted by Gasteiger charge is 2.17. The Morgan fingerprint density at radius 1 is 1.00 bits per heavy atom. The Morgan fingerprint density at radius 3 is 2.65 bits per heavy atom. The number of hydrogen-bond acceptors (Lipinski definition) is 4. The van der Waals surface area contributed by atoms with Crippen molar-refractivity contribution in [3.8, 4) is 0 Å². The first-order valence-electron chi connectivity index (χ1n) is 8.17. The van der Waals surface area contributed by atoms with Gasteiger partial charge in [-0.1, -0.05) is 35.5 Å². The van der Waals surface area contributed by atoms with Gasteiger partial charge in [0.2, 0.25) is 0 Å². The molecule has 0 bridgehead atoms. The molecule has 0 aliphatic rings. The maximum Gasteiger partial charge on any atom is 0.271 e. The van der Waals surface area contributed by atoms with Gasteiger partial charge in [0.15, 0.2) is 0 Å². The molecule has 0 unspecified atom stereocenters. The van der Waals surface area contributed by atoms with Gasteiger partial charge in [-0.05, 0) is 23.8 Å². The van der Waals surface area contributed by atoms with Crippen LogP contribution in [0.15, 0.2) is 66.9 Å². The normalized spacial score (nSPS) is 11.5. The van der Waals surface area contributed by atoms with Crippen LogP contribution in [0, 0.1) is 10.1 Å². The minimum atomic E-state index is -0.384. The van der Waals surface area contributed by atoms with E-state index in [1.807, 2.05) is 57.7 Å². The van der Waals surface area contributed by atoms with Gasteiger partial charge in [-0.3, -0.25) is 10.1 Å². The zero-order chi connectivity index (χ0) is 17.7. The van der Waals surface area contributed by atoms with Gasteiger partial charge in [-0.15, -0.1) is 5.10 Å². The molecule has 0 atom stereocenters. The number of non-ortho nitro benzene ring substituents is 1. The molecule has 0 amide bonds. The summed E-state index contributed by atoms with van der Waals surface area (Å²) in [5.41, 5.74) is 4.53. The maximum atomic E-state index is 11.2. The van der Waals surface area contributed by atoms with E-state index < -0.39 is 0 Å². The van der Waals surface area contributed by atoms with Gasteiger partial charge in [0.25, 0.3) is 5.69 Å². The van der Waals surface area contributed by atoms with Gasteiger partial charge in [0.1, 0.15) is 11.0 Å². The number of nitro groups is 1. The Bertz CT molecular complexity index is 1290. The summed E-state index contributed by atoms with van der Waals surface area (Å²) < 4.78 is 3.83. The summed E-state index contributed by atoms with van der Waals surface area (Å²) in [6, 6.07) is 18.8. The van der Waals surface area contributed by atoms with Crippen molar-refractivity contribution in [2.75, 3.05) is 0 Å². The Labute approximate surface area is 147 Å². The average Bonchev–Trinajstić information content (AvgIpc) is 3.29. The molecule has 0 aliphatic heterocycles. The number of nitrogens with zero attached hydrogens (tertiary/aromatic N) is 5. The van der Waals surface area contributed by atoms with Crippen molar-refractivity contribution >= 4 is 33.1 Å². The van der Waals surface area contributed by atoms with E-state index in [-0.39, 0.29) is 10.6 Å². The molecule has 7 nitrogen and oxygen atoms in total. The smallest absolute Gasteiger partial charge is 0.271 e. The van der Waals surface area contributed by atoms with Crippen molar-refractivity contribution in [3.63, 3.8) is 0 Å². The molecule has 26 heavy (non-hydrogen) atoms. The molecular formula is C19H13N5O2. The number of nitro benzene ring substituents is 1. The third-order valence-electron chi connectivity index (χ3n) is 4.61. The zero-order valence-corrected chi connectivity index (χ0v) is 13.6. The molecule has 3 heterocycles. The molecule has 2 aromatic carbocycles. The van der Waals surface area contributed by atoms with E-state index in [1.165, 1.54) is 6.07 Å². The van der Waals surface area contributed by atoms with Crippen molar-refractivity contribution in [2.45, 2.75) is 6.54 Å². The topological polar surface area (TPSA) is 78.3 Å². The Kier molecular flexibility index (Phi) is 3.02. The molecule has 0 spiro atoms. The van der Waals surface area contributed by atoms with Crippen molar-refractivity contribution in [3.05, 3.63) is 82.5 Å². The highest BCUT2D eigenvalue weighted by Crippen LogP contribution is 2.31. The molecule has 3 aromatic heterocycles. The van der Waals surface area contributed by atoms with E-state index in [0.29, 0.717) is 6.54 Å². The molecule has 5 rings (SSSR count). The summed E-state index contributed by atoms with van der Waals surface area (Å²) >= 11 is 0. The highest BCUT2D eigenvalue weighted by molar-refractivity contribution is 6.09. The largest absolute Gasteiger partial charge is 0.314 e. The van der Waals surface area contributed by atoms with Gasteiger partial charge in [0.05, 0.1) is 22.5 Å². The summed E-state index contributed by atoms with van der Waals surface area (Å²) in [4.78, 5) is 10.8. The minimum absolute atomic E-state index is 0.0588. The summed E-state index contributed by atoms with van der Waals surface area (Å²) in [5, 5.41) is 20.7. The standard InChI is InChI=1S/C19H13N5O2/c25-24(26)14-8-9-15-17(11-14)22-10-4-7-16(22)19-18(15)20-21-23(19)12-13-5-2-1-3-6-13/h1-11H,12H2. The summed E-state index contributed by atoms with van der Waals surface area (Å²) in [5.74, 6) is 0. The monoisotopic (exact) mass is 343 g/mol. The molecule has 5 aromatic rings. The molecule has 0 radical (unpaired) electrons. The first kappa shape index (κ1) is 14.6. The van der Waals surface area contributed by atoms with Crippen molar-refractivity contribution < 1.29 is 4.92 Å². The number of aromatic nitrogens is 4. The number of hydrogen-bond donors (Lipinski definition) is 0. The zero-order valence-electron chi connectivity index (χ0n) is 13.6. The Hall–Kier alpha value is -3.74. The van der Waals surface area contributed by atoms with Gasteiger partial charge >= 0.3 is 0 Å². The van der Waals surface area contributed by atoms with Gasteiger partial charge in [0, 0.05) is 23.7 Å². The number of benzene rings is 2. The lowest BCUT2D eigenvalue weighted by atomic mass is 10.1. The molecule has 0 fully saturated rings. The second-order valence-electron chi connectivity index (χ2n) is 6.15. The number of rotatable bonds is 3. The van der Waals surface area contributed by atoms with Gasteiger partial charge < -0.3 is 4.40 Å². The Morgan fingerprint density at radius 2 is 1.85 bits per heavy atom. The van der Waals surface area contributed by atoms with E-state index in [1.54, 1.807) is 12.1 Å². The minimum Gasteiger partial charge on any atom is -0.314 e. The third-order valence-corrected chi connectivity index (χ3v) is 4.61. The first-order valence-corrected chi connectivity index (χ1v) is 8.17. The molecule has 7 heteroatoms. The van der Waals surface area contributed by atoms with Crippen LogP contribution in [0.25, 0.3) is 27.5 Å². The average molecular weight is 343 g/mol. The predicted molar refractivity (Wildman–Crippen MR) is 98.2 cm³/mol. The quantitative estimate of drug-likeness (QED) is 0.369. The molecular weight excluding hydrogens is 330 g/mol. The summed E-state index contributed by atoms with van der Waals surface area (Å²) in [6.45, 7) is 0.608. The fourth-order valence-electron chi connectivity index (χ4n) is 3.43. The van der Waals surface area contributed by atoms with Gasteiger partial charge in [-0.2, -0.15) is 0 Å². The lowest BCUT2D eigenvalue weighted by molar-refractivity contribution is -0.384. The van der Waals surface area contributed by atoms with Crippen LogP contribution in [-0.2, 0) is 6.54 Å². The van der Waals surface area contributed by atoms with Crippen molar-refractivity contribution in [2.24, 2.45) is 0 Å². The molecule has 0 aliphatic carbocycles. The number of fused-ring (bicyclic) bond motifs is 6. The van der Waals surface area contributed by atoms with Crippen LogP contribution in [0.2, 0.25) is 0 Å². The van der Waals surface area contributed by atoms with E-state index in [2.05, 4.69) is 10.3 Å². The second-order valence-corrected chi connectivity index (χ2v) is 6.15. The lowest BCUT2D eigenvalue weighted by Gasteiger charge is -2.08. The molecule has 126 valence electrons. The van der Waals surface area contributed by atoms with E-state index in [0.717, 1.165) is 33.0 Å². The third kappa shape index (κ3) is 2.07. The predicted octanol–water partition coefficient (Wildman–Crippen LogP) is 3.79. The van der Waals surface area contributed by atoms with E-state index in [4.69, 9.17) is 0 Å². The SMILES string of the molecule is O=[N+]([O-])c1ccc2c3nnn(Cc4ccccc4)c3c3cccn3c2c1. The molecule has 0 saturated carbocycles. The summed E-state index contributed by atoms with van der Waals surface area (Å²) in [7, 11) is 0. The lowest BCUT2D eigenvalue weighted by Crippen LogP contribution is -2.02. The highest BCUT2D eigenvalue weighted by atomic mass is 16.6. The van der Waals surface area contributed by atoms with Crippen LogP contribution < -0.4 is 0 Å². The van der Waals surface area contributed by atoms with Crippen LogP contribution in [0.3, 0.4) is 0 Å². The summed E-state index contributed by atoms with van der Waals surface area (Å²) in [6.07, 6.45) is 1.90. The van der Waals surface area contributed by atoms with E-state index >= 15 is 0 Å². The van der Waals surface area contributed by atoms with Crippen LogP contribution in [-0.4, -0.2) is 24.3 Å². The van der Waals surface area contributed by atoms with Crippen molar-refractivity contribution in [1.82, 2.24) is 19.4 Å². The van der Waals surface area contributed by atoms with Gasteiger partial charge in [-0.25, -0.2) is 4.68 Å². The van der Waals surface area contributed by atoms with Crippen molar-refractivity contribution in [1.29, 1.82) is 0 Å².